The van der Waals surface area contributed by atoms with E-state index in [9.17, 15) is 14.4 Å². The van der Waals surface area contributed by atoms with Crippen molar-refractivity contribution >= 4 is 17.9 Å². The minimum absolute atomic E-state index is 0.0954. The summed E-state index contributed by atoms with van der Waals surface area (Å²) in [6, 6.07) is 0. The van der Waals surface area contributed by atoms with Crippen LogP contribution in [0.15, 0.2) is 72.9 Å². The number of carbonyl (C=O) groups is 3. The van der Waals surface area contributed by atoms with Crippen molar-refractivity contribution in [2.45, 2.75) is 309 Å². The summed E-state index contributed by atoms with van der Waals surface area (Å²) in [5.41, 5.74) is 0. The molecule has 0 N–H and O–H groups in total. The Balaban J connectivity index is 4.43. The van der Waals surface area contributed by atoms with Crippen molar-refractivity contribution in [1.29, 1.82) is 0 Å². The molecule has 0 aliphatic rings. The van der Waals surface area contributed by atoms with Crippen LogP contribution >= 0.6 is 0 Å². The third-order valence-electron chi connectivity index (χ3n) is 13.2. The van der Waals surface area contributed by atoms with E-state index in [1.807, 2.05) is 0 Å². The first-order valence-electron chi connectivity index (χ1n) is 30.5. The van der Waals surface area contributed by atoms with Gasteiger partial charge in [0.1, 0.15) is 13.2 Å². The normalized spacial score (nSPS) is 12.5. The van der Waals surface area contributed by atoms with Crippen LogP contribution in [0.1, 0.15) is 303 Å². The Bertz CT molecular complexity index is 1320. The quantitative estimate of drug-likeness (QED) is 0.0199. The van der Waals surface area contributed by atoms with E-state index in [2.05, 4.69) is 93.7 Å². The molecular weight excluding hydrogens is 877 g/mol. The van der Waals surface area contributed by atoms with Gasteiger partial charge in [-0.2, -0.15) is 0 Å². The maximum absolute atomic E-state index is 12.9. The van der Waals surface area contributed by atoms with E-state index in [1.54, 1.807) is 0 Å². The van der Waals surface area contributed by atoms with Gasteiger partial charge in [0, 0.05) is 19.3 Å². The van der Waals surface area contributed by atoms with Gasteiger partial charge in [0.2, 0.25) is 0 Å². The Morgan fingerprint density at radius 2 is 0.563 bits per heavy atom. The van der Waals surface area contributed by atoms with Gasteiger partial charge >= 0.3 is 17.9 Å². The van der Waals surface area contributed by atoms with Gasteiger partial charge in [0.05, 0.1) is 0 Å². The van der Waals surface area contributed by atoms with Crippen LogP contribution in [0.25, 0.3) is 0 Å². The van der Waals surface area contributed by atoms with Crippen LogP contribution in [-0.4, -0.2) is 37.2 Å². The van der Waals surface area contributed by atoms with Gasteiger partial charge in [0.15, 0.2) is 6.10 Å². The molecule has 0 aliphatic heterocycles. The Hall–Kier alpha value is -3.15. The summed E-state index contributed by atoms with van der Waals surface area (Å²) < 4.78 is 16.9. The summed E-state index contributed by atoms with van der Waals surface area (Å²) >= 11 is 0. The second kappa shape index (κ2) is 59.4. The van der Waals surface area contributed by atoms with Gasteiger partial charge in [0.25, 0.3) is 0 Å². The average molecular weight is 992 g/mol. The predicted molar refractivity (Wildman–Crippen MR) is 307 cm³/mol. The highest BCUT2D eigenvalue weighted by Crippen LogP contribution is 2.16. The topological polar surface area (TPSA) is 78.9 Å². The first-order chi connectivity index (χ1) is 35.0. The van der Waals surface area contributed by atoms with Gasteiger partial charge in [-0.15, -0.1) is 0 Å². The molecule has 0 rings (SSSR count). The number of hydrogen-bond acceptors (Lipinski definition) is 6. The lowest BCUT2D eigenvalue weighted by molar-refractivity contribution is -0.167. The third-order valence-corrected chi connectivity index (χ3v) is 13.2. The van der Waals surface area contributed by atoms with Crippen LogP contribution in [0, 0.1) is 0 Å². The van der Waals surface area contributed by atoms with E-state index in [4.69, 9.17) is 14.2 Å². The average Bonchev–Trinajstić information content (AvgIpc) is 3.37. The standard InChI is InChI=1S/C65H114O6/c1-4-7-10-13-16-19-22-25-28-31-32-35-37-40-43-46-49-52-55-58-64(67)70-61-62(71-65(68)59-56-53-50-47-44-41-38-34-30-27-24-21-18-15-12-9-6-3)60-69-63(66)57-54-51-48-45-42-39-36-33-29-26-23-20-17-14-11-8-5-2/h16,18-19,21-22,25,27,30,38,41,47,50,62H,4-15,17,20,23-24,26,28-29,31-37,39-40,42-46,48-49,51-61H2,1-3H3/b19-16-,21-18-,25-22-,30-27-,41-38-,50-47-. The maximum atomic E-state index is 12.9. The number of carbonyl (C=O) groups excluding carboxylic acids is 3. The molecule has 0 fully saturated rings. The molecule has 0 spiro atoms. The number of rotatable bonds is 55. The van der Waals surface area contributed by atoms with Crippen molar-refractivity contribution in [3.8, 4) is 0 Å². The molecule has 0 radical (unpaired) electrons. The number of esters is 3. The molecule has 0 saturated heterocycles. The predicted octanol–water partition coefficient (Wildman–Crippen LogP) is 20.5. The summed E-state index contributed by atoms with van der Waals surface area (Å²) in [6.45, 7) is 6.57. The maximum Gasteiger partial charge on any atom is 0.306 e. The monoisotopic (exact) mass is 991 g/mol. The summed E-state index contributed by atoms with van der Waals surface area (Å²) in [5.74, 6) is -0.942. The first kappa shape index (κ1) is 67.8. The summed E-state index contributed by atoms with van der Waals surface area (Å²) in [6.07, 6.45) is 76.1. The third kappa shape index (κ3) is 57.6. The Labute approximate surface area is 440 Å². The smallest absolute Gasteiger partial charge is 0.306 e. The lowest BCUT2D eigenvalue weighted by Crippen LogP contribution is -2.30. The van der Waals surface area contributed by atoms with Crippen molar-refractivity contribution in [1.82, 2.24) is 0 Å². The van der Waals surface area contributed by atoms with Gasteiger partial charge in [-0.05, 0) is 83.5 Å². The summed E-state index contributed by atoms with van der Waals surface area (Å²) in [4.78, 5) is 38.2. The molecular formula is C65H114O6. The van der Waals surface area contributed by atoms with E-state index < -0.39 is 6.10 Å². The van der Waals surface area contributed by atoms with E-state index in [0.29, 0.717) is 19.3 Å². The second-order valence-electron chi connectivity index (χ2n) is 20.3. The first-order valence-corrected chi connectivity index (χ1v) is 30.5. The van der Waals surface area contributed by atoms with Crippen LogP contribution < -0.4 is 0 Å². The molecule has 0 aliphatic carbocycles. The molecule has 6 nitrogen and oxygen atoms in total. The number of hydrogen-bond donors (Lipinski definition) is 0. The van der Waals surface area contributed by atoms with Crippen LogP contribution in [0.2, 0.25) is 0 Å². The van der Waals surface area contributed by atoms with Gasteiger partial charge in [-0.3, -0.25) is 14.4 Å². The molecule has 0 aromatic rings. The SMILES string of the molecule is CCCCC/C=C\C=C/CCCCCCCCCCCCC(=O)OCC(COC(=O)CCCCCCCCCCCCCCCCCCC)OC(=O)CCC/C=C\C/C=C\C/C=C\C/C=C\CCCCC. The van der Waals surface area contributed by atoms with E-state index >= 15 is 0 Å². The minimum atomic E-state index is -0.804. The lowest BCUT2D eigenvalue weighted by atomic mass is 10.0. The molecule has 6 heteroatoms. The zero-order valence-corrected chi connectivity index (χ0v) is 47.0. The zero-order chi connectivity index (χ0) is 51.4. The van der Waals surface area contributed by atoms with Crippen molar-refractivity contribution in [2.75, 3.05) is 13.2 Å². The van der Waals surface area contributed by atoms with Crippen molar-refractivity contribution in [3.05, 3.63) is 72.9 Å². The Morgan fingerprint density at radius 3 is 0.944 bits per heavy atom. The summed E-state index contributed by atoms with van der Waals surface area (Å²) in [5, 5.41) is 0. The van der Waals surface area contributed by atoms with Crippen LogP contribution in [-0.2, 0) is 28.6 Å². The zero-order valence-electron chi connectivity index (χ0n) is 47.0. The fourth-order valence-electron chi connectivity index (χ4n) is 8.60. The Morgan fingerprint density at radius 1 is 0.296 bits per heavy atom. The van der Waals surface area contributed by atoms with Crippen molar-refractivity contribution < 1.29 is 28.6 Å². The highest BCUT2D eigenvalue weighted by atomic mass is 16.6. The van der Waals surface area contributed by atoms with Gasteiger partial charge in [-0.25, -0.2) is 0 Å². The molecule has 1 atom stereocenters. The fraction of sp³-hybridized carbons (Fsp3) is 0.769. The van der Waals surface area contributed by atoms with Crippen LogP contribution in [0.4, 0.5) is 0 Å². The molecule has 0 aromatic heterocycles. The van der Waals surface area contributed by atoms with E-state index in [-0.39, 0.29) is 37.5 Å². The fourth-order valence-corrected chi connectivity index (χ4v) is 8.60. The second-order valence-corrected chi connectivity index (χ2v) is 20.3. The molecule has 0 saturated carbocycles. The van der Waals surface area contributed by atoms with E-state index in [0.717, 1.165) is 64.2 Å². The lowest BCUT2D eigenvalue weighted by Gasteiger charge is -2.18. The number of allylic oxidation sites excluding steroid dienone is 12. The van der Waals surface area contributed by atoms with E-state index in [1.165, 1.54) is 193 Å². The Kier molecular flexibility index (Phi) is 56.8. The van der Waals surface area contributed by atoms with Gasteiger partial charge in [-0.1, -0.05) is 273 Å². The van der Waals surface area contributed by atoms with Crippen molar-refractivity contribution in [3.63, 3.8) is 0 Å². The highest BCUT2D eigenvalue weighted by Gasteiger charge is 2.19. The van der Waals surface area contributed by atoms with Crippen LogP contribution in [0.3, 0.4) is 0 Å². The number of ether oxygens (including phenoxy) is 3. The molecule has 1 unspecified atom stereocenters. The minimum Gasteiger partial charge on any atom is -0.462 e. The molecule has 0 heterocycles. The molecule has 71 heavy (non-hydrogen) atoms. The molecule has 0 bridgehead atoms. The van der Waals surface area contributed by atoms with Crippen molar-refractivity contribution in [2.24, 2.45) is 0 Å². The van der Waals surface area contributed by atoms with Crippen LogP contribution in [0.5, 0.6) is 0 Å². The summed E-state index contributed by atoms with van der Waals surface area (Å²) in [7, 11) is 0. The van der Waals surface area contributed by atoms with Gasteiger partial charge < -0.3 is 14.2 Å². The highest BCUT2D eigenvalue weighted by molar-refractivity contribution is 5.71. The largest absolute Gasteiger partial charge is 0.462 e. The molecule has 0 aromatic carbocycles. The number of unbranched alkanes of at least 4 members (excludes halogenated alkanes) is 33. The molecule has 0 amide bonds. The molecule has 410 valence electrons.